The van der Waals surface area contributed by atoms with Crippen LogP contribution in [0.3, 0.4) is 0 Å². The van der Waals surface area contributed by atoms with Gasteiger partial charge in [0.25, 0.3) is 0 Å². The first-order valence-corrected chi connectivity index (χ1v) is 8.07. The molecule has 8 heteroatoms. The summed E-state index contributed by atoms with van der Waals surface area (Å²) in [5.74, 6) is 0.631. The quantitative estimate of drug-likeness (QED) is 0.825. The highest BCUT2D eigenvalue weighted by Gasteiger charge is 2.21. The molecule has 2 aromatic rings. The van der Waals surface area contributed by atoms with E-state index in [1.54, 1.807) is 18.2 Å². The lowest BCUT2D eigenvalue weighted by Crippen LogP contribution is -2.34. The molecule has 0 spiro atoms. The van der Waals surface area contributed by atoms with Gasteiger partial charge in [0.1, 0.15) is 0 Å². The molecular weight excluding hydrogens is 339 g/mol. The summed E-state index contributed by atoms with van der Waals surface area (Å²) in [6, 6.07) is 5.49. The minimum Gasteiger partial charge on any atom is -0.341 e. The number of likely N-dealkylation sites (tertiary alicyclic amines) is 1. The first-order chi connectivity index (χ1) is 11.0. The molecule has 0 radical (unpaired) electrons. The number of anilines is 1. The number of aromatic nitrogens is 2. The van der Waals surface area contributed by atoms with Crippen LogP contribution in [0.2, 0.25) is 10.0 Å². The molecule has 23 heavy (non-hydrogen) atoms. The van der Waals surface area contributed by atoms with Gasteiger partial charge in [-0.25, -0.2) is 0 Å². The number of amides is 1. The van der Waals surface area contributed by atoms with Crippen LogP contribution >= 0.6 is 23.2 Å². The van der Waals surface area contributed by atoms with E-state index < -0.39 is 0 Å². The van der Waals surface area contributed by atoms with Gasteiger partial charge in [-0.1, -0.05) is 28.4 Å². The normalized spacial score (nSPS) is 14.6. The van der Waals surface area contributed by atoms with Gasteiger partial charge >= 0.3 is 6.01 Å². The highest BCUT2D eigenvalue weighted by Crippen LogP contribution is 2.26. The zero-order chi connectivity index (χ0) is 16.4. The summed E-state index contributed by atoms with van der Waals surface area (Å²) < 4.78 is 5.28. The van der Waals surface area contributed by atoms with Crippen LogP contribution in [0.4, 0.5) is 6.01 Å². The number of nitrogens with zero attached hydrogens (tertiary/aromatic N) is 4. The Hall–Kier alpha value is -1.79. The fourth-order valence-electron chi connectivity index (χ4n) is 2.48. The van der Waals surface area contributed by atoms with Crippen molar-refractivity contribution in [1.82, 2.24) is 15.0 Å². The van der Waals surface area contributed by atoms with Crippen LogP contribution < -0.4 is 4.90 Å². The number of rotatable bonds is 5. The standard InChI is InChI=1S/C15H16Cl2N4O2/c1-20(5-6-21-4-2-3-13(21)22)15-18-14(19-23-15)10-7-11(16)9-12(17)8-10/h7-9H,2-6H2,1H3. The predicted octanol–water partition coefficient (Wildman–Crippen LogP) is 3.10. The monoisotopic (exact) mass is 354 g/mol. The Morgan fingerprint density at radius 2 is 2.04 bits per heavy atom. The van der Waals surface area contributed by atoms with Crippen LogP contribution in [-0.2, 0) is 4.79 Å². The minimum absolute atomic E-state index is 0.207. The smallest absolute Gasteiger partial charge is 0.324 e. The number of halogens is 2. The Balaban J connectivity index is 1.67. The maximum absolute atomic E-state index is 11.6. The largest absolute Gasteiger partial charge is 0.341 e. The van der Waals surface area contributed by atoms with Crippen molar-refractivity contribution in [3.05, 3.63) is 28.2 Å². The van der Waals surface area contributed by atoms with E-state index in [2.05, 4.69) is 10.1 Å². The molecule has 0 saturated carbocycles. The molecule has 1 saturated heterocycles. The zero-order valence-electron chi connectivity index (χ0n) is 12.6. The van der Waals surface area contributed by atoms with Crippen LogP contribution in [0.25, 0.3) is 11.4 Å². The van der Waals surface area contributed by atoms with Gasteiger partial charge in [0, 0.05) is 48.7 Å². The molecule has 1 fully saturated rings. The van der Waals surface area contributed by atoms with Gasteiger partial charge in [0.15, 0.2) is 0 Å². The zero-order valence-corrected chi connectivity index (χ0v) is 14.1. The van der Waals surface area contributed by atoms with Crippen molar-refractivity contribution in [3.63, 3.8) is 0 Å². The molecule has 2 heterocycles. The molecule has 1 aliphatic heterocycles. The van der Waals surface area contributed by atoms with E-state index in [-0.39, 0.29) is 5.91 Å². The number of hydrogen-bond donors (Lipinski definition) is 0. The van der Waals surface area contributed by atoms with Crippen molar-refractivity contribution in [1.29, 1.82) is 0 Å². The van der Waals surface area contributed by atoms with Crippen molar-refractivity contribution in [3.8, 4) is 11.4 Å². The van der Waals surface area contributed by atoms with Gasteiger partial charge in [-0.05, 0) is 24.6 Å². The predicted molar refractivity (Wildman–Crippen MR) is 88.8 cm³/mol. The Bertz CT molecular complexity index is 699. The van der Waals surface area contributed by atoms with Crippen LogP contribution in [0, 0.1) is 0 Å². The minimum atomic E-state index is 0.207. The molecular formula is C15H16Cl2N4O2. The summed E-state index contributed by atoms with van der Waals surface area (Å²) in [4.78, 5) is 19.6. The molecule has 1 aromatic carbocycles. The second kappa shape index (κ2) is 6.76. The van der Waals surface area contributed by atoms with E-state index in [0.717, 1.165) is 13.0 Å². The number of likely N-dealkylation sites (N-methyl/N-ethyl adjacent to an activating group) is 1. The number of hydrogen-bond acceptors (Lipinski definition) is 5. The molecule has 0 unspecified atom stereocenters. The SMILES string of the molecule is CN(CCN1CCCC1=O)c1nc(-c2cc(Cl)cc(Cl)c2)no1. The van der Waals surface area contributed by atoms with E-state index in [1.165, 1.54) is 0 Å². The van der Waals surface area contributed by atoms with Gasteiger partial charge < -0.3 is 14.3 Å². The number of benzene rings is 1. The van der Waals surface area contributed by atoms with Gasteiger partial charge in [0.2, 0.25) is 11.7 Å². The van der Waals surface area contributed by atoms with Crippen LogP contribution in [0.1, 0.15) is 12.8 Å². The lowest BCUT2D eigenvalue weighted by Gasteiger charge is -2.19. The van der Waals surface area contributed by atoms with Crippen molar-refractivity contribution in [2.45, 2.75) is 12.8 Å². The number of carbonyl (C=O) groups excluding carboxylic acids is 1. The summed E-state index contributed by atoms with van der Waals surface area (Å²) in [7, 11) is 1.85. The van der Waals surface area contributed by atoms with E-state index in [4.69, 9.17) is 27.7 Å². The van der Waals surface area contributed by atoms with E-state index >= 15 is 0 Å². The van der Waals surface area contributed by atoms with Crippen LogP contribution in [0.15, 0.2) is 22.7 Å². The lowest BCUT2D eigenvalue weighted by molar-refractivity contribution is -0.127. The third-order valence-electron chi connectivity index (χ3n) is 3.74. The molecule has 6 nitrogen and oxygen atoms in total. The maximum atomic E-state index is 11.6. The molecule has 3 rings (SSSR count). The van der Waals surface area contributed by atoms with Gasteiger partial charge in [-0.3, -0.25) is 4.79 Å². The average molecular weight is 355 g/mol. The lowest BCUT2D eigenvalue weighted by atomic mass is 10.2. The first-order valence-electron chi connectivity index (χ1n) is 7.32. The Morgan fingerprint density at radius 3 is 2.70 bits per heavy atom. The molecule has 0 atom stereocenters. The van der Waals surface area contributed by atoms with E-state index in [0.29, 0.717) is 47.0 Å². The molecule has 122 valence electrons. The molecule has 1 amide bonds. The van der Waals surface area contributed by atoms with Crippen molar-refractivity contribution >= 4 is 35.1 Å². The molecule has 1 aromatic heterocycles. The van der Waals surface area contributed by atoms with Gasteiger partial charge in [-0.2, -0.15) is 4.98 Å². The van der Waals surface area contributed by atoms with E-state index in [9.17, 15) is 4.79 Å². The second-order valence-corrected chi connectivity index (χ2v) is 6.34. The van der Waals surface area contributed by atoms with Crippen molar-refractivity contribution in [2.75, 3.05) is 31.6 Å². The summed E-state index contributed by atoms with van der Waals surface area (Å²) in [5, 5.41) is 4.99. The third kappa shape index (κ3) is 3.76. The Morgan fingerprint density at radius 1 is 1.30 bits per heavy atom. The van der Waals surface area contributed by atoms with E-state index in [1.807, 2.05) is 16.8 Å². The Kier molecular flexibility index (Phi) is 4.73. The first kappa shape index (κ1) is 16.1. The summed E-state index contributed by atoms with van der Waals surface area (Å²) >= 11 is 12.0. The van der Waals surface area contributed by atoms with Crippen LogP contribution in [0.5, 0.6) is 0 Å². The Labute approximate surface area is 144 Å². The van der Waals surface area contributed by atoms with Crippen molar-refractivity contribution < 1.29 is 9.32 Å². The molecule has 0 bridgehead atoms. The average Bonchev–Trinajstić information content (AvgIpc) is 3.13. The summed E-state index contributed by atoms with van der Waals surface area (Å²) in [6.45, 7) is 2.10. The van der Waals surface area contributed by atoms with Crippen LogP contribution in [-0.4, -0.2) is 47.6 Å². The fourth-order valence-corrected chi connectivity index (χ4v) is 3.00. The summed E-state index contributed by atoms with van der Waals surface area (Å²) in [5.41, 5.74) is 0.695. The summed E-state index contributed by atoms with van der Waals surface area (Å²) in [6.07, 6.45) is 1.58. The van der Waals surface area contributed by atoms with Crippen molar-refractivity contribution in [2.24, 2.45) is 0 Å². The maximum Gasteiger partial charge on any atom is 0.324 e. The second-order valence-electron chi connectivity index (χ2n) is 5.46. The number of carbonyl (C=O) groups is 1. The molecule has 0 aliphatic carbocycles. The van der Waals surface area contributed by atoms with Gasteiger partial charge in [-0.15, -0.1) is 0 Å². The highest BCUT2D eigenvalue weighted by atomic mass is 35.5. The topological polar surface area (TPSA) is 62.5 Å². The highest BCUT2D eigenvalue weighted by molar-refractivity contribution is 6.35. The molecule has 1 aliphatic rings. The molecule has 0 N–H and O–H groups in total. The fraction of sp³-hybridized carbons (Fsp3) is 0.400. The van der Waals surface area contributed by atoms with Gasteiger partial charge in [0.05, 0.1) is 0 Å². The third-order valence-corrected chi connectivity index (χ3v) is 4.18.